The Morgan fingerprint density at radius 3 is 2.75 bits per heavy atom. The second-order valence-electron chi connectivity index (χ2n) is 8.74. The van der Waals surface area contributed by atoms with Gasteiger partial charge in [0.05, 0.1) is 12.5 Å². The van der Waals surface area contributed by atoms with E-state index in [1.165, 1.54) is 0 Å². The van der Waals surface area contributed by atoms with Gasteiger partial charge in [-0.15, -0.1) is 0 Å². The number of aryl methyl sites for hydroxylation is 1. The highest BCUT2D eigenvalue weighted by molar-refractivity contribution is 6.48. The number of hydrogen-bond acceptors (Lipinski definition) is 5. The molecule has 0 saturated carbocycles. The number of amides is 1. The van der Waals surface area contributed by atoms with Crippen LogP contribution in [0.25, 0.3) is 0 Å². The van der Waals surface area contributed by atoms with Gasteiger partial charge in [-0.1, -0.05) is 33.4 Å². The summed E-state index contributed by atoms with van der Waals surface area (Å²) >= 11 is 0. The third-order valence-corrected chi connectivity index (χ3v) is 6.20. The summed E-state index contributed by atoms with van der Waals surface area (Å²) in [4.78, 5) is 29.9. The summed E-state index contributed by atoms with van der Waals surface area (Å²) in [5.41, 5.74) is -0.187. The van der Waals surface area contributed by atoms with Crippen LogP contribution in [0.5, 0.6) is 0 Å². The Labute approximate surface area is 169 Å². The van der Waals surface area contributed by atoms with Gasteiger partial charge in [0, 0.05) is 19.5 Å². The number of imidazole rings is 1. The van der Waals surface area contributed by atoms with Gasteiger partial charge in [-0.3, -0.25) is 9.69 Å². The first-order valence-corrected chi connectivity index (χ1v) is 12.6. The van der Waals surface area contributed by atoms with Gasteiger partial charge in [-0.05, 0) is 30.8 Å². The van der Waals surface area contributed by atoms with Gasteiger partial charge in [-0.25, -0.2) is 9.78 Å². The zero-order chi connectivity index (χ0) is 20.9. The fourth-order valence-electron chi connectivity index (χ4n) is 3.73. The van der Waals surface area contributed by atoms with Crippen molar-refractivity contribution in [2.24, 2.45) is 11.3 Å². The molecule has 28 heavy (non-hydrogen) atoms. The summed E-state index contributed by atoms with van der Waals surface area (Å²) in [6.07, 6.45) is 6.49. The molecule has 1 aromatic rings. The predicted octanol–water partition coefficient (Wildman–Crippen LogP) is 3.47. The van der Waals surface area contributed by atoms with E-state index in [2.05, 4.69) is 45.4 Å². The Morgan fingerprint density at radius 1 is 1.46 bits per heavy atom. The predicted molar refractivity (Wildman–Crippen MR) is 111 cm³/mol. The van der Waals surface area contributed by atoms with Crippen LogP contribution >= 0.6 is 0 Å². The van der Waals surface area contributed by atoms with Crippen LogP contribution in [0.1, 0.15) is 44.1 Å². The molecular formula is C20H33N3O4Si. The van der Waals surface area contributed by atoms with Crippen molar-refractivity contribution in [2.45, 2.75) is 59.0 Å². The largest absolute Gasteiger partial charge is 0.445 e. The van der Waals surface area contributed by atoms with Crippen molar-refractivity contribution >= 4 is 21.4 Å². The smallest absolute Gasteiger partial charge is 0.412 e. The van der Waals surface area contributed by atoms with Crippen LogP contribution in [0.3, 0.4) is 0 Å². The molecule has 0 N–H and O–H groups in total. The highest BCUT2D eigenvalue weighted by Crippen LogP contribution is 2.45. The van der Waals surface area contributed by atoms with Crippen molar-refractivity contribution in [1.29, 1.82) is 0 Å². The molecule has 2 atom stereocenters. The summed E-state index contributed by atoms with van der Waals surface area (Å²) < 4.78 is 13.7. The molecule has 1 amide bonds. The summed E-state index contributed by atoms with van der Waals surface area (Å²) in [6, 6.07) is 0. The van der Waals surface area contributed by atoms with Crippen LogP contribution in [0.4, 0.5) is 4.79 Å². The Balaban J connectivity index is 2.34. The lowest BCUT2D eigenvalue weighted by Gasteiger charge is -2.39. The molecule has 7 nitrogen and oxygen atoms in total. The van der Waals surface area contributed by atoms with Gasteiger partial charge in [0.2, 0.25) is 0 Å². The topological polar surface area (TPSA) is 73.7 Å². The third kappa shape index (κ3) is 5.11. The Hall–Kier alpha value is -1.93. The maximum atomic E-state index is 12.9. The minimum absolute atomic E-state index is 0.0313. The molecule has 1 aromatic heterocycles. The lowest BCUT2D eigenvalue weighted by Crippen LogP contribution is -2.52. The normalized spacial score (nSPS) is 22.5. The average Bonchev–Trinajstić information content (AvgIpc) is 3.21. The first kappa shape index (κ1) is 22.4. The van der Waals surface area contributed by atoms with Crippen LogP contribution in [0.15, 0.2) is 25.2 Å². The molecule has 1 aliphatic rings. The Bertz CT molecular complexity index is 698. The number of carbonyl (C=O) groups is 2. The number of aldehydes is 1. The molecule has 0 spiro atoms. The summed E-state index contributed by atoms with van der Waals surface area (Å²) in [5, 5.41) is 0. The quantitative estimate of drug-likeness (QED) is 0.375. The molecule has 0 bridgehead atoms. The zero-order valence-electron chi connectivity index (χ0n) is 17.7. The van der Waals surface area contributed by atoms with Crippen LogP contribution in [0, 0.1) is 11.3 Å². The maximum Gasteiger partial charge on any atom is 0.412 e. The van der Waals surface area contributed by atoms with E-state index in [0.29, 0.717) is 25.2 Å². The number of likely N-dealkylation sites (tertiary alicyclic amines) is 1. The number of nitrogens with zero attached hydrogens (tertiary/aromatic N) is 3. The van der Waals surface area contributed by atoms with E-state index in [1.54, 1.807) is 28.1 Å². The van der Waals surface area contributed by atoms with Crippen molar-refractivity contribution in [3.05, 3.63) is 30.9 Å². The lowest BCUT2D eigenvalue weighted by molar-refractivity contribution is -0.0600. The monoisotopic (exact) mass is 407 g/mol. The maximum absolute atomic E-state index is 12.9. The lowest BCUT2D eigenvalue weighted by atomic mass is 9.78. The van der Waals surface area contributed by atoms with E-state index in [9.17, 15) is 9.59 Å². The SMILES string of the molecule is C=CCOC(=O)N1C[C@@H](C(C)(C)C)C[C@]1(CCn1cncc1C=O)O[SiH](C)C. The molecule has 8 heteroatoms. The zero-order valence-corrected chi connectivity index (χ0v) is 18.8. The van der Waals surface area contributed by atoms with Crippen molar-refractivity contribution in [3.8, 4) is 0 Å². The number of ether oxygens (including phenoxy) is 1. The van der Waals surface area contributed by atoms with Crippen LogP contribution in [-0.4, -0.2) is 54.7 Å². The summed E-state index contributed by atoms with van der Waals surface area (Å²) in [5.74, 6) is 0.282. The van der Waals surface area contributed by atoms with Crippen molar-refractivity contribution in [1.82, 2.24) is 14.5 Å². The molecule has 2 heterocycles. The summed E-state index contributed by atoms with van der Waals surface area (Å²) in [7, 11) is -1.47. The Kier molecular flexibility index (Phi) is 7.22. The minimum atomic E-state index is -1.47. The second-order valence-corrected chi connectivity index (χ2v) is 11.1. The first-order chi connectivity index (χ1) is 13.1. The number of carbonyl (C=O) groups excluding carboxylic acids is 2. The van der Waals surface area contributed by atoms with E-state index < -0.39 is 14.8 Å². The number of rotatable bonds is 8. The third-order valence-electron chi connectivity index (χ3n) is 5.29. The number of hydrogen-bond donors (Lipinski definition) is 0. The molecule has 0 aliphatic carbocycles. The first-order valence-electron chi connectivity index (χ1n) is 9.81. The molecule has 1 saturated heterocycles. The molecule has 2 rings (SSSR count). The van der Waals surface area contributed by atoms with Gasteiger partial charge in [0.15, 0.2) is 15.3 Å². The molecule has 0 aromatic carbocycles. The molecule has 1 aliphatic heterocycles. The van der Waals surface area contributed by atoms with E-state index in [1.807, 2.05) is 0 Å². The summed E-state index contributed by atoms with van der Waals surface area (Å²) in [6.45, 7) is 15.7. The van der Waals surface area contributed by atoms with Crippen LogP contribution in [0.2, 0.25) is 13.1 Å². The molecule has 156 valence electrons. The molecule has 0 radical (unpaired) electrons. The van der Waals surface area contributed by atoms with Crippen LogP contribution in [-0.2, 0) is 15.7 Å². The average molecular weight is 408 g/mol. The van der Waals surface area contributed by atoms with Crippen molar-refractivity contribution in [2.75, 3.05) is 13.2 Å². The number of aromatic nitrogens is 2. The molecule has 1 fully saturated rings. The highest BCUT2D eigenvalue weighted by Gasteiger charge is 2.52. The van der Waals surface area contributed by atoms with E-state index in [-0.39, 0.29) is 24.0 Å². The fraction of sp³-hybridized carbons (Fsp3) is 0.650. The van der Waals surface area contributed by atoms with Gasteiger partial charge >= 0.3 is 6.09 Å². The van der Waals surface area contributed by atoms with Crippen LogP contribution < -0.4 is 0 Å². The van der Waals surface area contributed by atoms with Gasteiger partial charge in [0.25, 0.3) is 0 Å². The van der Waals surface area contributed by atoms with Gasteiger partial charge < -0.3 is 13.7 Å². The molecular weight excluding hydrogens is 374 g/mol. The Morgan fingerprint density at radius 2 is 2.18 bits per heavy atom. The molecule has 0 unspecified atom stereocenters. The van der Waals surface area contributed by atoms with E-state index in [0.717, 1.165) is 12.7 Å². The fourth-order valence-corrected chi connectivity index (χ4v) is 4.95. The van der Waals surface area contributed by atoms with Crippen molar-refractivity contribution < 1.29 is 18.8 Å². The highest BCUT2D eigenvalue weighted by atomic mass is 28.3. The second kappa shape index (κ2) is 9.04. The van der Waals surface area contributed by atoms with E-state index >= 15 is 0 Å². The minimum Gasteiger partial charge on any atom is -0.445 e. The van der Waals surface area contributed by atoms with Crippen molar-refractivity contribution in [3.63, 3.8) is 0 Å². The van der Waals surface area contributed by atoms with Gasteiger partial charge in [-0.2, -0.15) is 0 Å². The van der Waals surface area contributed by atoms with E-state index in [4.69, 9.17) is 9.16 Å². The standard InChI is InChI=1S/C20H33N3O4Si/c1-7-10-26-18(25)23-13-16(19(2,3)4)11-20(23,27-28(5)6)8-9-22-15-21-12-17(22)14-24/h7,12,14-16,28H,1,8-11,13H2,2-6H3/t16-,20-/m0/s1. The van der Waals surface area contributed by atoms with Gasteiger partial charge in [0.1, 0.15) is 18.0 Å².